The van der Waals surface area contributed by atoms with Crippen LogP contribution in [0.2, 0.25) is 0 Å². The summed E-state index contributed by atoms with van der Waals surface area (Å²) < 4.78 is 0. The van der Waals surface area contributed by atoms with Crippen molar-refractivity contribution in [3.63, 3.8) is 0 Å². The lowest BCUT2D eigenvalue weighted by Crippen LogP contribution is -2.43. The van der Waals surface area contributed by atoms with E-state index in [9.17, 15) is 0 Å². The average Bonchev–Trinajstić information content (AvgIpc) is 2.65. The van der Waals surface area contributed by atoms with Crippen LogP contribution >= 0.6 is 0 Å². The van der Waals surface area contributed by atoms with Gasteiger partial charge in [0.15, 0.2) is 0 Å². The standard InChI is InChI=1S/C28H43N/c1-12-19-28(11,13-2)29(21(3)4)24(7)22(5)17-18-23(6)25-15-14-16-26(20-25)27(8,9)10/h14-18,20H,3,6,12-13,19H2,1-2,4-5,7-11H3/b18-17-,24-22+/t28-/m1/s1. The first kappa shape index (κ1) is 25.0. The Labute approximate surface area is 180 Å². The van der Waals surface area contributed by atoms with E-state index in [4.69, 9.17) is 0 Å². The SMILES string of the molecule is C=C(/C=C\C(C)=C(/C)N(C(=C)C)[C@](C)(CC)CCC)c1cccc(C(C)(C)C)c1. The van der Waals surface area contributed by atoms with Gasteiger partial charge in [0.1, 0.15) is 0 Å². The summed E-state index contributed by atoms with van der Waals surface area (Å²) in [7, 11) is 0. The van der Waals surface area contributed by atoms with Crippen LogP contribution in [-0.4, -0.2) is 10.4 Å². The molecule has 0 aromatic heterocycles. The molecule has 0 heterocycles. The van der Waals surface area contributed by atoms with E-state index < -0.39 is 0 Å². The fourth-order valence-corrected chi connectivity index (χ4v) is 3.94. The second-order valence-corrected chi connectivity index (χ2v) is 9.63. The third kappa shape index (κ3) is 6.49. The third-order valence-electron chi connectivity index (χ3n) is 6.01. The van der Waals surface area contributed by atoms with Crippen molar-refractivity contribution in [1.82, 2.24) is 4.90 Å². The zero-order valence-electron chi connectivity index (χ0n) is 20.4. The monoisotopic (exact) mass is 393 g/mol. The van der Waals surface area contributed by atoms with Crippen LogP contribution in [0.5, 0.6) is 0 Å². The smallest absolute Gasteiger partial charge is 0.0414 e. The van der Waals surface area contributed by atoms with Crippen molar-refractivity contribution >= 4 is 5.57 Å². The van der Waals surface area contributed by atoms with E-state index in [0.717, 1.165) is 30.5 Å². The number of hydrogen-bond acceptors (Lipinski definition) is 1. The highest BCUT2D eigenvalue weighted by atomic mass is 15.2. The maximum absolute atomic E-state index is 4.31. The largest absolute Gasteiger partial charge is 0.344 e. The fraction of sp³-hybridized carbons (Fsp3) is 0.500. The first-order valence-electron chi connectivity index (χ1n) is 11.0. The van der Waals surface area contributed by atoms with Gasteiger partial charge in [-0.1, -0.05) is 90.6 Å². The lowest BCUT2D eigenvalue weighted by molar-refractivity contribution is 0.169. The maximum atomic E-state index is 4.31. The van der Waals surface area contributed by atoms with Crippen LogP contribution in [0.4, 0.5) is 0 Å². The molecule has 1 rings (SSSR count). The Balaban J connectivity index is 3.20. The summed E-state index contributed by atoms with van der Waals surface area (Å²) in [6, 6.07) is 8.72. The van der Waals surface area contributed by atoms with Crippen molar-refractivity contribution in [2.45, 2.75) is 92.5 Å². The number of hydrogen-bond donors (Lipinski definition) is 0. The summed E-state index contributed by atoms with van der Waals surface area (Å²) in [6.07, 6.45) is 7.74. The van der Waals surface area contributed by atoms with E-state index in [1.165, 1.54) is 22.4 Å². The molecule has 1 nitrogen and oxygen atoms in total. The lowest BCUT2D eigenvalue weighted by Gasteiger charge is -2.44. The summed E-state index contributed by atoms with van der Waals surface area (Å²) in [5, 5.41) is 0. The molecule has 0 bridgehead atoms. The number of nitrogens with zero attached hydrogens (tertiary/aromatic N) is 1. The molecule has 0 aliphatic rings. The van der Waals surface area contributed by atoms with Crippen LogP contribution in [0.15, 0.2) is 66.5 Å². The Morgan fingerprint density at radius 2 is 1.62 bits per heavy atom. The molecule has 1 aromatic carbocycles. The van der Waals surface area contributed by atoms with E-state index in [-0.39, 0.29) is 11.0 Å². The van der Waals surface area contributed by atoms with Crippen LogP contribution < -0.4 is 0 Å². The van der Waals surface area contributed by atoms with Crippen LogP contribution in [0, 0.1) is 0 Å². The van der Waals surface area contributed by atoms with Crippen LogP contribution in [0.25, 0.3) is 5.57 Å². The molecule has 1 atom stereocenters. The van der Waals surface area contributed by atoms with Gasteiger partial charge in [0.2, 0.25) is 0 Å². The molecule has 160 valence electrons. The van der Waals surface area contributed by atoms with Crippen molar-refractivity contribution in [1.29, 1.82) is 0 Å². The summed E-state index contributed by atoms with van der Waals surface area (Å²) in [5.41, 5.74) is 7.40. The van der Waals surface area contributed by atoms with Crippen LogP contribution in [-0.2, 0) is 5.41 Å². The van der Waals surface area contributed by atoms with Gasteiger partial charge in [0.25, 0.3) is 0 Å². The highest BCUT2D eigenvalue weighted by molar-refractivity contribution is 5.73. The normalized spacial score (nSPS) is 15.1. The van der Waals surface area contributed by atoms with Gasteiger partial charge in [-0.2, -0.15) is 0 Å². The zero-order valence-corrected chi connectivity index (χ0v) is 20.4. The van der Waals surface area contributed by atoms with Gasteiger partial charge < -0.3 is 4.90 Å². The van der Waals surface area contributed by atoms with E-state index in [2.05, 4.69) is 117 Å². The Kier molecular flexibility index (Phi) is 8.75. The molecule has 0 radical (unpaired) electrons. The molecule has 1 heteroatoms. The second-order valence-electron chi connectivity index (χ2n) is 9.63. The molecule has 0 aliphatic carbocycles. The van der Waals surface area contributed by atoms with Gasteiger partial charge in [-0.05, 0) is 68.2 Å². The summed E-state index contributed by atoms with van der Waals surface area (Å²) in [4.78, 5) is 2.43. The van der Waals surface area contributed by atoms with Crippen molar-refractivity contribution in [2.24, 2.45) is 0 Å². The Hall–Kier alpha value is -2.02. The number of rotatable bonds is 9. The number of benzene rings is 1. The zero-order chi connectivity index (χ0) is 22.4. The van der Waals surface area contributed by atoms with Crippen LogP contribution in [0.1, 0.15) is 92.7 Å². The minimum absolute atomic E-state index is 0.0951. The fourth-order valence-electron chi connectivity index (χ4n) is 3.94. The quantitative estimate of drug-likeness (QED) is 0.379. The van der Waals surface area contributed by atoms with Gasteiger partial charge in [0.05, 0.1) is 0 Å². The third-order valence-corrected chi connectivity index (χ3v) is 6.01. The highest BCUT2D eigenvalue weighted by Gasteiger charge is 2.30. The second kappa shape index (κ2) is 10.1. The predicted octanol–water partition coefficient (Wildman–Crippen LogP) is 8.65. The molecular formula is C28H43N. The molecule has 29 heavy (non-hydrogen) atoms. The summed E-state index contributed by atoms with van der Waals surface area (Å²) in [5.74, 6) is 0. The Bertz CT molecular complexity index is 785. The minimum Gasteiger partial charge on any atom is -0.344 e. The molecule has 0 fully saturated rings. The molecule has 0 saturated heterocycles. The van der Waals surface area contributed by atoms with Crippen LogP contribution in [0.3, 0.4) is 0 Å². The molecule has 0 N–H and O–H groups in total. The van der Waals surface area contributed by atoms with Crippen molar-refractivity contribution in [3.05, 3.63) is 77.7 Å². The highest BCUT2D eigenvalue weighted by Crippen LogP contribution is 2.33. The molecule has 0 saturated carbocycles. The Morgan fingerprint density at radius 3 is 2.10 bits per heavy atom. The van der Waals surface area contributed by atoms with Crippen molar-refractivity contribution in [2.75, 3.05) is 0 Å². The lowest BCUT2D eigenvalue weighted by atomic mass is 9.85. The van der Waals surface area contributed by atoms with E-state index in [1.807, 2.05) is 0 Å². The molecule has 0 amide bonds. The summed E-state index contributed by atoms with van der Waals surface area (Å²) in [6.45, 7) is 28.7. The van der Waals surface area contributed by atoms with Crippen molar-refractivity contribution < 1.29 is 0 Å². The maximum Gasteiger partial charge on any atom is 0.0414 e. The van der Waals surface area contributed by atoms with Crippen molar-refractivity contribution in [3.8, 4) is 0 Å². The first-order valence-corrected chi connectivity index (χ1v) is 11.0. The molecule has 1 aromatic rings. The molecular weight excluding hydrogens is 350 g/mol. The minimum atomic E-state index is 0.0951. The van der Waals surface area contributed by atoms with Gasteiger partial charge in [-0.25, -0.2) is 0 Å². The number of allylic oxidation sites excluding steroid dienone is 6. The van der Waals surface area contributed by atoms with Gasteiger partial charge in [0, 0.05) is 16.9 Å². The first-order chi connectivity index (χ1) is 13.4. The van der Waals surface area contributed by atoms with E-state index >= 15 is 0 Å². The van der Waals surface area contributed by atoms with Gasteiger partial charge in [-0.15, -0.1) is 0 Å². The predicted molar refractivity (Wildman–Crippen MR) is 132 cm³/mol. The Morgan fingerprint density at radius 1 is 1.00 bits per heavy atom. The molecule has 0 unspecified atom stereocenters. The topological polar surface area (TPSA) is 3.24 Å². The van der Waals surface area contributed by atoms with E-state index in [1.54, 1.807) is 0 Å². The summed E-state index contributed by atoms with van der Waals surface area (Å²) >= 11 is 0. The van der Waals surface area contributed by atoms with Gasteiger partial charge >= 0.3 is 0 Å². The molecule has 0 spiro atoms. The average molecular weight is 394 g/mol. The van der Waals surface area contributed by atoms with Gasteiger partial charge in [-0.3, -0.25) is 0 Å². The molecule has 0 aliphatic heterocycles. The van der Waals surface area contributed by atoms with E-state index in [0.29, 0.717) is 0 Å².